The zero-order chi connectivity index (χ0) is 13.8. The summed E-state index contributed by atoms with van der Waals surface area (Å²) in [6, 6.07) is 0. The molecule has 0 radical (unpaired) electrons. The number of aryl methyl sites for hydroxylation is 1. The quantitative estimate of drug-likeness (QED) is 0.694. The summed E-state index contributed by atoms with van der Waals surface area (Å²) < 4.78 is 11.6. The molecule has 0 unspecified atom stereocenters. The minimum absolute atomic E-state index is 0.232. The number of hydrogen-bond donors (Lipinski definition) is 2. The smallest absolute Gasteiger partial charge is 0.330 e. The van der Waals surface area contributed by atoms with Gasteiger partial charge >= 0.3 is 5.69 Å². The SMILES string of the molecule is CCn1c(=O)[nH]c(=O)c2[nH]c(COCCOC)nc21. The van der Waals surface area contributed by atoms with Gasteiger partial charge in [-0.3, -0.25) is 14.3 Å². The molecule has 0 fully saturated rings. The van der Waals surface area contributed by atoms with Crippen LogP contribution in [0.1, 0.15) is 12.7 Å². The molecular formula is C11H16N4O4. The Hall–Kier alpha value is -1.93. The number of rotatable bonds is 6. The fourth-order valence-electron chi connectivity index (χ4n) is 1.76. The molecule has 0 aliphatic heterocycles. The lowest BCUT2D eigenvalue weighted by Gasteiger charge is -2.00. The van der Waals surface area contributed by atoms with Crippen LogP contribution in [-0.4, -0.2) is 39.8 Å². The molecule has 0 aromatic carbocycles. The summed E-state index contributed by atoms with van der Waals surface area (Å²) in [4.78, 5) is 32.6. The van der Waals surface area contributed by atoms with Crippen molar-refractivity contribution in [2.75, 3.05) is 20.3 Å². The first-order valence-corrected chi connectivity index (χ1v) is 5.95. The highest BCUT2D eigenvalue weighted by Crippen LogP contribution is 2.05. The number of imidazole rings is 1. The van der Waals surface area contributed by atoms with Gasteiger partial charge in [-0.25, -0.2) is 9.78 Å². The first-order valence-electron chi connectivity index (χ1n) is 5.95. The van der Waals surface area contributed by atoms with Crippen LogP contribution in [0.15, 0.2) is 9.59 Å². The van der Waals surface area contributed by atoms with Crippen LogP contribution in [0.4, 0.5) is 0 Å². The van der Waals surface area contributed by atoms with E-state index in [1.54, 1.807) is 7.11 Å². The predicted molar refractivity (Wildman–Crippen MR) is 68.2 cm³/mol. The maximum atomic E-state index is 11.7. The lowest BCUT2D eigenvalue weighted by atomic mass is 10.5. The highest BCUT2D eigenvalue weighted by Gasteiger charge is 2.11. The topological polar surface area (TPSA) is 102 Å². The third-order valence-corrected chi connectivity index (χ3v) is 2.67. The molecule has 0 amide bonds. The minimum atomic E-state index is -0.472. The Bertz CT molecular complexity index is 669. The van der Waals surface area contributed by atoms with Crippen molar-refractivity contribution in [3.05, 3.63) is 26.7 Å². The first kappa shape index (κ1) is 13.5. The fraction of sp³-hybridized carbons (Fsp3) is 0.545. The predicted octanol–water partition coefficient (Wildman–Crippen LogP) is -0.404. The molecule has 2 rings (SSSR count). The molecule has 2 aromatic heterocycles. The van der Waals surface area contributed by atoms with Gasteiger partial charge in [-0.15, -0.1) is 0 Å². The number of nitrogens with one attached hydrogen (secondary N) is 2. The lowest BCUT2D eigenvalue weighted by molar-refractivity contribution is 0.0590. The summed E-state index contributed by atoms with van der Waals surface area (Å²) in [5.74, 6) is 0.504. The van der Waals surface area contributed by atoms with Gasteiger partial charge in [0.05, 0.1) is 13.2 Å². The molecule has 0 saturated carbocycles. The normalized spacial score (nSPS) is 11.3. The number of fused-ring (bicyclic) bond motifs is 1. The van der Waals surface area contributed by atoms with E-state index in [2.05, 4.69) is 15.0 Å². The highest BCUT2D eigenvalue weighted by molar-refractivity contribution is 5.69. The van der Waals surface area contributed by atoms with Gasteiger partial charge in [0, 0.05) is 13.7 Å². The largest absolute Gasteiger partial charge is 0.382 e. The molecule has 8 nitrogen and oxygen atoms in total. The first-order chi connectivity index (χ1) is 9.17. The van der Waals surface area contributed by atoms with Crippen molar-refractivity contribution in [2.45, 2.75) is 20.1 Å². The Balaban J connectivity index is 2.32. The van der Waals surface area contributed by atoms with E-state index in [0.717, 1.165) is 0 Å². The van der Waals surface area contributed by atoms with Crippen LogP contribution in [0.25, 0.3) is 11.2 Å². The van der Waals surface area contributed by atoms with Gasteiger partial charge in [0.1, 0.15) is 17.9 Å². The molecule has 0 atom stereocenters. The van der Waals surface area contributed by atoms with E-state index in [4.69, 9.17) is 9.47 Å². The average Bonchev–Trinajstić information content (AvgIpc) is 2.79. The fourth-order valence-corrected chi connectivity index (χ4v) is 1.76. The van der Waals surface area contributed by atoms with E-state index >= 15 is 0 Å². The summed E-state index contributed by atoms with van der Waals surface area (Å²) in [5, 5.41) is 0. The number of aromatic nitrogens is 4. The van der Waals surface area contributed by atoms with Crippen molar-refractivity contribution < 1.29 is 9.47 Å². The Labute approximate surface area is 108 Å². The number of ether oxygens (including phenoxy) is 2. The van der Waals surface area contributed by atoms with Gasteiger partial charge in [0.2, 0.25) is 0 Å². The van der Waals surface area contributed by atoms with E-state index < -0.39 is 11.2 Å². The van der Waals surface area contributed by atoms with Crippen molar-refractivity contribution in [3.8, 4) is 0 Å². The number of methoxy groups -OCH3 is 1. The van der Waals surface area contributed by atoms with Crippen molar-refractivity contribution in [3.63, 3.8) is 0 Å². The van der Waals surface area contributed by atoms with Gasteiger partial charge in [-0.1, -0.05) is 0 Å². The standard InChI is InChI=1S/C11H16N4O4/c1-3-15-9-8(10(16)14-11(15)17)12-7(13-9)6-19-5-4-18-2/h3-6H2,1-2H3,(H,12,13)(H,14,16,17). The van der Waals surface area contributed by atoms with Crippen LogP contribution in [-0.2, 0) is 22.6 Å². The molecule has 2 heterocycles. The lowest BCUT2D eigenvalue weighted by Crippen LogP contribution is -2.29. The van der Waals surface area contributed by atoms with E-state index in [1.807, 2.05) is 6.92 Å². The summed E-state index contributed by atoms with van der Waals surface area (Å²) in [6.07, 6.45) is 0. The maximum Gasteiger partial charge on any atom is 0.330 e. The van der Waals surface area contributed by atoms with Crippen LogP contribution in [0.3, 0.4) is 0 Å². The molecule has 8 heteroatoms. The highest BCUT2D eigenvalue weighted by atomic mass is 16.5. The van der Waals surface area contributed by atoms with Gasteiger partial charge in [0.25, 0.3) is 5.56 Å². The second-order valence-corrected chi connectivity index (χ2v) is 3.93. The van der Waals surface area contributed by atoms with E-state index in [1.165, 1.54) is 4.57 Å². The monoisotopic (exact) mass is 268 g/mol. The third-order valence-electron chi connectivity index (χ3n) is 2.67. The maximum absolute atomic E-state index is 11.7. The zero-order valence-electron chi connectivity index (χ0n) is 10.9. The van der Waals surface area contributed by atoms with Crippen molar-refractivity contribution in [2.24, 2.45) is 0 Å². The molecule has 0 aliphatic carbocycles. The molecular weight excluding hydrogens is 252 g/mol. The Morgan fingerprint density at radius 1 is 1.26 bits per heavy atom. The van der Waals surface area contributed by atoms with Crippen molar-refractivity contribution >= 4 is 11.2 Å². The molecule has 2 N–H and O–H groups in total. The van der Waals surface area contributed by atoms with Crippen molar-refractivity contribution in [1.82, 2.24) is 19.5 Å². The Morgan fingerprint density at radius 2 is 2.05 bits per heavy atom. The Kier molecular flexibility index (Phi) is 4.13. The van der Waals surface area contributed by atoms with Gasteiger partial charge in [0.15, 0.2) is 5.65 Å². The average molecular weight is 268 g/mol. The number of H-pyrrole nitrogens is 2. The summed E-state index contributed by atoms with van der Waals surface area (Å²) >= 11 is 0. The second-order valence-electron chi connectivity index (χ2n) is 3.93. The van der Waals surface area contributed by atoms with Gasteiger partial charge in [-0.05, 0) is 6.92 Å². The van der Waals surface area contributed by atoms with Crippen LogP contribution in [0, 0.1) is 0 Å². The molecule has 2 aromatic rings. The molecule has 0 bridgehead atoms. The molecule has 0 aliphatic rings. The van der Waals surface area contributed by atoms with E-state index in [0.29, 0.717) is 31.2 Å². The zero-order valence-corrected chi connectivity index (χ0v) is 10.9. The van der Waals surface area contributed by atoms with Crippen molar-refractivity contribution in [1.29, 1.82) is 0 Å². The van der Waals surface area contributed by atoms with E-state index in [-0.39, 0.29) is 12.1 Å². The van der Waals surface area contributed by atoms with Crippen LogP contribution in [0.2, 0.25) is 0 Å². The summed E-state index contributed by atoms with van der Waals surface area (Å²) in [7, 11) is 1.59. The summed E-state index contributed by atoms with van der Waals surface area (Å²) in [6.45, 7) is 3.39. The molecule has 0 spiro atoms. The van der Waals surface area contributed by atoms with Crippen LogP contribution >= 0.6 is 0 Å². The summed E-state index contributed by atoms with van der Waals surface area (Å²) in [5.41, 5.74) is -0.299. The number of hydrogen-bond acceptors (Lipinski definition) is 5. The Morgan fingerprint density at radius 3 is 2.74 bits per heavy atom. The van der Waals surface area contributed by atoms with Crippen LogP contribution in [0.5, 0.6) is 0 Å². The van der Waals surface area contributed by atoms with Gasteiger partial charge in [-0.2, -0.15) is 0 Å². The number of aromatic amines is 2. The second kappa shape index (κ2) is 5.81. The molecule has 19 heavy (non-hydrogen) atoms. The molecule has 0 saturated heterocycles. The van der Waals surface area contributed by atoms with E-state index in [9.17, 15) is 9.59 Å². The van der Waals surface area contributed by atoms with Gasteiger partial charge < -0.3 is 14.5 Å². The minimum Gasteiger partial charge on any atom is -0.382 e. The van der Waals surface area contributed by atoms with Crippen LogP contribution < -0.4 is 11.2 Å². The number of nitrogens with zero attached hydrogens (tertiary/aromatic N) is 2. The molecule has 104 valence electrons. The third kappa shape index (κ3) is 2.74.